The molecule has 0 aliphatic carbocycles. The predicted octanol–water partition coefficient (Wildman–Crippen LogP) is 1.34. The number of benzene rings is 1. The van der Waals surface area contributed by atoms with Crippen molar-refractivity contribution in [2.75, 3.05) is 19.4 Å². The summed E-state index contributed by atoms with van der Waals surface area (Å²) < 4.78 is 12.5. The van der Waals surface area contributed by atoms with E-state index in [0.29, 0.717) is 23.3 Å². The van der Waals surface area contributed by atoms with E-state index in [2.05, 4.69) is 20.8 Å². The van der Waals surface area contributed by atoms with Crippen molar-refractivity contribution < 1.29 is 19.1 Å². The molecule has 140 valence electrons. The van der Waals surface area contributed by atoms with E-state index in [1.165, 1.54) is 11.8 Å². The van der Waals surface area contributed by atoms with Crippen LogP contribution < -0.4 is 20.1 Å². The lowest BCUT2D eigenvalue weighted by molar-refractivity contribution is -0.117. The summed E-state index contributed by atoms with van der Waals surface area (Å²) >= 11 is 1.19. The number of amides is 3. The first-order valence-electron chi connectivity index (χ1n) is 7.89. The third-order valence-electron chi connectivity index (χ3n) is 3.28. The Labute approximate surface area is 155 Å². The van der Waals surface area contributed by atoms with Crippen molar-refractivity contribution in [3.63, 3.8) is 0 Å². The maximum atomic E-state index is 11.7. The highest BCUT2D eigenvalue weighted by Crippen LogP contribution is 2.19. The number of carbonyl (C=O) groups is 2. The number of aromatic nitrogens is 3. The van der Waals surface area contributed by atoms with Gasteiger partial charge in [-0.1, -0.05) is 11.8 Å². The summed E-state index contributed by atoms with van der Waals surface area (Å²) in [6, 6.07) is 6.71. The fraction of sp³-hybridized carbons (Fsp3) is 0.375. The van der Waals surface area contributed by atoms with E-state index in [1.54, 1.807) is 49.9 Å². The molecule has 0 saturated carbocycles. The number of nitrogens with one attached hydrogen (secondary N) is 2. The van der Waals surface area contributed by atoms with E-state index in [-0.39, 0.29) is 12.4 Å². The summed E-state index contributed by atoms with van der Waals surface area (Å²) in [5, 5.41) is 13.4. The normalized spacial score (nSPS) is 10.3. The van der Waals surface area contributed by atoms with Gasteiger partial charge in [0.1, 0.15) is 18.1 Å². The smallest absolute Gasteiger partial charge is 0.321 e. The minimum atomic E-state index is -0.510. The minimum absolute atomic E-state index is 0.0580. The van der Waals surface area contributed by atoms with Gasteiger partial charge in [0.25, 0.3) is 0 Å². The Morgan fingerprint density at radius 1 is 1.19 bits per heavy atom. The van der Waals surface area contributed by atoms with Gasteiger partial charge in [-0.2, -0.15) is 0 Å². The maximum absolute atomic E-state index is 11.7. The van der Waals surface area contributed by atoms with Crippen molar-refractivity contribution in [2.24, 2.45) is 7.05 Å². The first-order valence-corrected chi connectivity index (χ1v) is 8.87. The lowest BCUT2D eigenvalue weighted by Gasteiger charge is -2.07. The molecule has 2 N–H and O–H groups in total. The van der Waals surface area contributed by atoms with Crippen LogP contribution >= 0.6 is 11.8 Å². The number of nitrogens with zero attached hydrogens (tertiary/aromatic N) is 3. The molecule has 0 saturated heterocycles. The molecule has 0 bridgehead atoms. The van der Waals surface area contributed by atoms with Crippen LogP contribution in [0.25, 0.3) is 0 Å². The lowest BCUT2D eigenvalue weighted by atomic mass is 10.3. The fourth-order valence-electron chi connectivity index (χ4n) is 1.91. The minimum Gasteiger partial charge on any atom is -0.497 e. The van der Waals surface area contributed by atoms with Crippen molar-refractivity contribution in [1.82, 2.24) is 25.4 Å². The van der Waals surface area contributed by atoms with Gasteiger partial charge in [0.05, 0.1) is 12.9 Å². The standard InChI is InChI=1S/C16H21N5O4S/c1-4-17-15(23)18-14(22)10-26-16-20-19-13(21(16)2)9-25-12-7-5-11(24-3)6-8-12/h5-8H,4,9-10H2,1-3H3,(H2,17,18,22,23). The van der Waals surface area contributed by atoms with Gasteiger partial charge in [0, 0.05) is 13.6 Å². The Morgan fingerprint density at radius 2 is 1.88 bits per heavy atom. The zero-order valence-corrected chi connectivity index (χ0v) is 15.6. The van der Waals surface area contributed by atoms with Crippen molar-refractivity contribution in [2.45, 2.75) is 18.7 Å². The average molecular weight is 379 g/mol. The summed E-state index contributed by atoms with van der Waals surface area (Å²) in [6.45, 7) is 2.46. The van der Waals surface area contributed by atoms with Crippen LogP contribution in [0.15, 0.2) is 29.4 Å². The molecule has 1 heterocycles. The molecule has 0 aliphatic heterocycles. The number of methoxy groups -OCH3 is 1. The van der Waals surface area contributed by atoms with E-state index < -0.39 is 11.9 Å². The van der Waals surface area contributed by atoms with Crippen LogP contribution in [0.4, 0.5) is 4.79 Å². The highest BCUT2D eigenvalue weighted by molar-refractivity contribution is 7.99. The van der Waals surface area contributed by atoms with E-state index in [9.17, 15) is 9.59 Å². The third kappa shape index (κ3) is 5.66. The topological polar surface area (TPSA) is 107 Å². The summed E-state index contributed by atoms with van der Waals surface area (Å²) in [5.74, 6) is 1.71. The highest BCUT2D eigenvalue weighted by Gasteiger charge is 2.13. The molecule has 2 aromatic rings. The van der Waals surface area contributed by atoms with Crippen LogP contribution in [-0.2, 0) is 18.4 Å². The Bertz CT molecular complexity index is 748. The van der Waals surface area contributed by atoms with Gasteiger partial charge in [-0.15, -0.1) is 10.2 Å². The molecule has 0 fully saturated rings. The molecule has 0 spiro atoms. The molecular formula is C16H21N5O4S. The number of thioether (sulfide) groups is 1. The summed E-state index contributed by atoms with van der Waals surface area (Å²) in [6.07, 6.45) is 0. The van der Waals surface area contributed by atoms with Crippen molar-refractivity contribution in [3.05, 3.63) is 30.1 Å². The van der Waals surface area contributed by atoms with Gasteiger partial charge < -0.3 is 19.4 Å². The second-order valence-electron chi connectivity index (χ2n) is 5.12. The molecule has 1 aromatic carbocycles. The first-order chi connectivity index (χ1) is 12.5. The zero-order chi connectivity index (χ0) is 18.9. The van der Waals surface area contributed by atoms with Gasteiger partial charge >= 0.3 is 6.03 Å². The third-order valence-corrected chi connectivity index (χ3v) is 4.30. The molecule has 9 nitrogen and oxygen atoms in total. The van der Waals surface area contributed by atoms with Crippen LogP contribution in [-0.4, -0.2) is 46.1 Å². The fourth-order valence-corrected chi connectivity index (χ4v) is 2.64. The Hall–Kier alpha value is -2.75. The summed E-state index contributed by atoms with van der Waals surface area (Å²) in [5.41, 5.74) is 0. The lowest BCUT2D eigenvalue weighted by Crippen LogP contribution is -2.40. The molecular weight excluding hydrogens is 358 g/mol. The predicted molar refractivity (Wildman–Crippen MR) is 96.3 cm³/mol. The average Bonchev–Trinajstić information content (AvgIpc) is 2.98. The van der Waals surface area contributed by atoms with Crippen LogP contribution in [0.5, 0.6) is 11.5 Å². The van der Waals surface area contributed by atoms with Gasteiger partial charge in [-0.05, 0) is 31.2 Å². The van der Waals surface area contributed by atoms with Crippen molar-refractivity contribution in [3.8, 4) is 11.5 Å². The second kappa shape index (κ2) is 9.66. The number of imide groups is 1. The van der Waals surface area contributed by atoms with E-state index in [0.717, 1.165) is 5.75 Å². The van der Waals surface area contributed by atoms with Crippen LogP contribution in [0.2, 0.25) is 0 Å². The number of hydrogen-bond acceptors (Lipinski definition) is 7. The molecule has 0 unspecified atom stereocenters. The second-order valence-corrected chi connectivity index (χ2v) is 6.06. The van der Waals surface area contributed by atoms with E-state index >= 15 is 0 Å². The highest BCUT2D eigenvalue weighted by atomic mass is 32.2. The number of ether oxygens (including phenoxy) is 2. The van der Waals surface area contributed by atoms with E-state index in [1.807, 2.05) is 0 Å². The quantitative estimate of drug-likeness (QED) is 0.667. The largest absolute Gasteiger partial charge is 0.497 e. The first kappa shape index (κ1) is 19.6. The van der Waals surface area contributed by atoms with Crippen molar-refractivity contribution >= 4 is 23.7 Å². The van der Waals surface area contributed by atoms with Gasteiger partial charge in [-0.25, -0.2) is 4.79 Å². The number of urea groups is 1. The molecule has 0 atom stereocenters. The number of carbonyl (C=O) groups excluding carboxylic acids is 2. The van der Waals surface area contributed by atoms with Crippen LogP contribution in [0, 0.1) is 0 Å². The monoisotopic (exact) mass is 379 g/mol. The van der Waals surface area contributed by atoms with E-state index in [4.69, 9.17) is 9.47 Å². The van der Waals surface area contributed by atoms with Crippen LogP contribution in [0.1, 0.15) is 12.7 Å². The Morgan fingerprint density at radius 3 is 2.54 bits per heavy atom. The molecule has 3 amide bonds. The van der Waals surface area contributed by atoms with Gasteiger partial charge in [0.15, 0.2) is 11.0 Å². The number of hydrogen-bond donors (Lipinski definition) is 2. The summed E-state index contributed by atoms with van der Waals surface area (Å²) in [4.78, 5) is 23.0. The molecule has 26 heavy (non-hydrogen) atoms. The Kier molecular flexibility index (Phi) is 7.27. The molecule has 0 aliphatic rings. The molecule has 10 heteroatoms. The molecule has 2 rings (SSSR count). The summed E-state index contributed by atoms with van der Waals surface area (Å²) in [7, 11) is 3.39. The maximum Gasteiger partial charge on any atom is 0.321 e. The zero-order valence-electron chi connectivity index (χ0n) is 14.8. The van der Waals surface area contributed by atoms with Crippen molar-refractivity contribution in [1.29, 1.82) is 0 Å². The molecule has 1 aromatic heterocycles. The van der Waals surface area contributed by atoms with Gasteiger partial charge in [0.2, 0.25) is 5.91 Å². The molecule has 0 radical (unpaired) electrons. The van der Waals surface area contributed by atoms with Crippen LogP contribution in [0.3, 0.4) is 0 Å². The van der Waals surface area contributed by atoms with Gasteiger partial charge in [-0.3, -0.25) is 10.1 Å². The Balaban J connectivity index is 1.84. The number of rotatable bonds is 8. The SMILES string of the molecule is CCNC(=O)NC(=O)CSc1nnc(COc2ccc(OC)cc2)n1C.